The van der Waals surface area contributed by atoms with E-state index in [0.29, 0.717) is 6.54 Å². The van der Waals surface area contributed by atoms with Gasteiger partial charge in [0.1, 0.15) is 0 Å². The number of rotatable bonds is 9. The summed E-state index contributed by atoms with van der Waals surface area (Å²) in [5, 5.41) is 3.05. The molecule has 2 amide bonds. The molecular weight excluding hydrogens is 444 g/mol. The lowest BCUT2D eigenvalue weighted by Gasteiger charge is -2.22. The molecule has 0 aromatic heterocycles. The lowest BCUT2D eigenvalue weighted by Crippen LogP contribution is -2.29. The number of carbonyl (C=O) groups excluding carboxylic acids is 2. The summed E-state index contributed by atoms with van der Waals surface area (Å²) in [7, 11) is 0. The first-order chi connectivity index (χ1) is 17.6. The number of nitrogens with one attached hydrogen (secondary N) is 1. The van der Waals surface area contributed by atoms with E-state index in [1.165, 1.54) is 0 Å². The van der Waals surface area contributed by atoms with Crippen LogP contribution in [-0.2, 0) is 22.6 Å². The third kappa shape index (κ3) is 7.03. The second-order valence-electron chi connectivity index (χ2n) is 8.70. The van der Waals surface area contributed by atoms with Crippen LogP contribution in [0.5, 0.6) is 0 Å². The summed E-state index contributed by atoms with van der Waals surface area (Å²) in [5.41, 5.74) is 4.75. The molecule has 180 valence electrons. The average molecular weight is 475 g/mol. The van der Waals surface area contributed by atoms with Crippen LogP contribution in [-0.4, -0.2) is 11.8 Å². The molecule has 0 spiro atoms. The monoisotopic (exact) mass is 474 g/mol. The minimum atomic E-state index is -0.107. The van der Waals surface area contributed by atoms with Crippen molar-refractivity contribution in [2.45, 2.75) is 25.9 Å². The Kier molecular flexibility index (Phi) is 8.44. The molecule has 4 nitrogen and oxygen atoms in total. The molecule has 0 saturated carbocycles. The van der Waals surface area contributed by atoms with Crippen LogP contribution < -0.4 is 10.2 Å². The predicted octanol–water partition coefficient (Wildman–Crippen LogP) is 6.35. The number of carbonyl (C=O) groups is 2. The predicted molar refractivity (Wildman–Crippen MR) is 146 cm³/mol. The SMILES string of the molecule is CC(NC(=O)Cc1ccc(N(Cc2ccccc2)C(=O)C=Cc2ccccc2)cc1)c1ccccc1. The van der Waals surface area contributed by atoms with Crippen molar-refractivity contribution < 1.29 is 9.59 Å². The largest absolute Gasteiger partial charge is 0.349 e. The van der Waals surface area contributed by atoms with Crippen molar-refractivity contribution in [3.8, 4) is 0 Å². The van der Waals surface area contributed by atoms with E-state index in [0.717, 1.165) is 27.9 Å². The Bertz CT molecular complexity index is 1280. The maximum absolute atomic E-state index is 13.2. The number of anilines is 1. The molecule has 1 atom stereocenters. The molecule has 0 bridgehead atoms. The minimum absolute atomic E-state index is 0.0397. The summed E-state index contributed by atoms with van der Waals surface area (Å²) in [4.78, 5) is 27.6. The van der Waals surface area contributed by atoms with Gasteiger partial charge in [-0.1, -0.05) is 103 Å². The van der Waals surface area contributed by atoms with Gasteiger partial charge in [-0.25, -0.2) is 0 Å². The lowest BCUT2D eigenvalue weighted by atomic mass is 10.1. The molecule has 0 radical (unpaired) electrons. The highest BCUT2D eigenvalue weighted by molar-refractivity contribution is 6.03. The Hall–Kier alpha value is -4.44. The number of benzene rings is 4. The Morgan fingerprint density at radius 1 is 0.750 bits per heavy atom. The van der Waals surface area contributed by atoms with Crippen LogP contribution in [0, 0.1) is 0 Å². The summed E-state index contributed by atoms with van der Waals surface area (Å²) in [5.74, 6) is -0.146. The van der Waals surface area contributed by atoms with Crippen LogP contribution >= 0.6 is 0 Å². The molecule has 1 N–H and O–H groups in total. The van der Waals surface area contributed by atoms with E-state index >= 15 is 0 Å². The van der Waals surface area contributed by atoms with Gasteiger partial charge in [0.15, 0.2) is 0 Å². The Morgan fingerprint density at radius 3 is 1.97 bits per heavy atom. The molecule has 0 heterocycles. The van der Waals surface area contributed by atoms with Gasteiger partial charge in [0, 0.05) is 11.8 Å². The fraction of sp³-hybridized carbons (Fsp3) is 0.125. The van der Waals surface area contributed by atoms with Crippen molar-refractivity contribution in [1.82, 2.24) is 5.32 Å². The first kappa shape index (κ1) is 24.7. The zero-order chi connectivity index (χ0) is 25.2. The molecule has 4 heteroatoms. The van der Waals surface area contributed by atoms with Gasteiger partial charge in [-0.2, -0.15) is 0 Å². The highest BCUT2D eigenvalue weighted by Gasteiger charge is 2.15. The van der Waals surface area contributed by atoms with Crippen LogP contribution in [0.2, 0.25) is 0 Å². The van der Waals surface area contributed by atoms with E-state index in [4.69, 9.17) is 0 Å². The van der Waals surface area contributed by atoms with E-state index in [1.54, 1.807) is 11.0 Å². The minimum Gasteiger partial charge on any atom is -0.349 e. The Morgan fingerprint density at radius 2 is 1.33 bits per heavy atom. The number of hydrogen-bond acceptors (Lipinski definition) is 2. The topological polar surface area (TPSA) is 49.4 Å². The van der Waals surface area contributed by atoms with Crippen LogP contribution in [0.4, 0.5) is 5.69 Å². The van der Waals surface area contributed by atoms with E-state index in [1.807, 2.05) is 128 Å². The molecule has 0 aliphatic rings. The van der Waals surface area contributed by atoms with Crippen molar-refractivity contribution in [3.63, 3.8) is 0 Å². The van der Waals surface area contributed by atoms with Gasteiger partial charge in [-0.15, -0.1) is 0 Å². The van der Waals surface area contributed by atoms with E-state index in [2.05, 4.69) is 5.32 Å². The van der Waals surface area contributed by atoms with E-state index in [9.17, 15) is 9.59 Å². The van der Waals surface area contributed by atoms with Crippen molar-refractivity contribution in [2.75, 3.05) is 4.90 Å². The van der Waals surface area contributed by atoms with Gasteiger partial charge >= 0.3 is 0 Å². The zero-order valence-electron chi connectivity index (χ0n) is 20.4. The molecule has 1 unspecified atom stereocenters. The molecular formula is C32H30N2O2. The van der Waals surface area contributed by atoms with Gasteiger partial charge in [0.05, 0.1) is 19.0 Å². The third-order valence-corrected chi connectivity index (χ3v) is 5.96. The lowest BCUT2D eigenvalue weighted by molar-refractivity contribution is -0.121. The fourth-order valence-corrected chi connectivity index (χ4v) is 3.98. The summed E-state index contributed by atoms with van der Waals surface area (Å²) < 4.78 is 0. The fourth-order valence-electron chi connectivity index (χ4n) is 3.98. The number of hydrogen-bond donors (Lipinski definition) is 1. The van der Waals surface area contributed by atoms with Gasteiger partial charge in [-0.05, 0) is 47.4 Å². The summed E-state index contributed by atoms with van der Waals surface area (Å²) in [6.07, 6.45) is 3.70. The number of amides is 2. The molecule has 36 heavy (non-hydrogen) atoms. The van der Waals surface area contributed by atoms with Crippen molar-refractivity contribution in [3.05, 3.63) is 144 Å². The molecule has 0 aliphatic heterocycles. The van der Waals surface area contributed by atoms with Crippen molar-refractivity contribution >= 4 is 23.6 Å². The molecule has 4 rings (SSSR count). The quantitative estimate of drug-likeness (QED) is 0.287. The van der Waals surface area contributed by atoms with E-state index < -0.39 is 0 Å². The van der Waals surface area contributed by atoms with Gasteiger partial charge in [0.25, 0.3) is 5.91 Å². The molecule has 0 fully saturated rings. The first-order valence-corrected chi connectivity index (χ1v) is 12.1. The van der Waals surface area contributed by atoms with E-state index in [-0.39, 0.29) is 24.3 Å². The summed E-state index contributed by atoms with van der Waals surface area (Å²) in [6, 6.07) is 37.1. The molecule has 4 aromatic rings. The van der Waals surface area contributed by atoms with Crippen LogP contribution in [0.3, 0.4) is 0 Å². The maximum atomic E-state index is 13.2. The first-order valence-electron chi connectivity index (χ1n) is 12.1. The standard InChI is InChI=1S/C32H30N2O2/c1-25(29-15-9-4-10-16-29)33-31(35)23-27-17-20-30(21-18-27)34(24-28-13-7-3-8-14-28)32(36)22-19-26-11-5-2-6-12-26/h2-22,25H,23-24H2,1H3,(H,33,35). The average Bonchev–Trinajstić information content (AvgIpc) is 2.92. The molecule has 4 aromatic carbocycles. The van der Waals surface area contributed by atoms with Crippen molar-refractivity contribution in [1.29, 1.82) is 0 Å². The number of nitrogens with zero attached hydrogens (tertiary/aromatic N) is 1. The Balaban J connectivity index is 1.46. The third-order valence-electron chi connectivity index (χ3n) is 5.96. The maximum Gasteiger partial charge on any atom is 0.251 e. The smallest absolute Gasteiger partial charge is 0.251 e. The summed E-state index contributed by atoms with van der Waals surface area (Å²) >= 11 is 0. The Labute approximate surface area is 212 Å². The van der Waals surface area contributed by atoms with Crippen LogP contribution in [0.15, 0.2) is 121 Å². The summed E-state index contributed by atoms with van der Waals surface area (Å²) in [6.45, 7) is 2.43. The second-order valence-corrected chi connectivity index (χ2v) is 8.70. The second kappa shape index (κ2) is 12.3. The zero-order valence-corrected chi connectivity index (χ0v) is 20.4. The molecule has 0 aliphatic carbocycles. The van der Waals surface area contributed by atoms with Gasteiger partial charge < -0.3 is 10.2 Å². The highest BCUT2D eigenvalue weighted by Crippen LogP contribution is 2.20. The van der Waals surface area contributed by atoms with Crippen molar-refractivity contribution in [2.24, 2.45) is 0 Å². The van der Waals surface area contributed by atoms with Crippen LogP contribution in [0.25, 0.3) is 6.08 Å². The molecule has 0 saturated heterocycles. The normalized spacial score (nSPS) is 11.7. The van der Waals surface area contributed by atoms with Crippen LogP contribution in [0.1, 0.15) is 35.2 Å². The highest BCUT2D eigenvalue weighted by atomic mass is 16.2. The van der Waals surface area contributed by atoms with Gasteiger partial charge in [-0.3, -0.25) is 9.59 Å². The van der Waals surface area contributed by atoms with Gasteiger partial charge in [0.2, 0.25) is 5.91 Å².